The average Bonchev–Trinajstić information content (AvgIpc) is 2.58. The third kappa shape index (κ3) is 2.13. The standard InChI is InChI=1S/C14H16S/c1-10-9-14(12(3)15-10)11(2)13-7-5-4-6-8-13/h4-9,11H,1-3H3. The number of aryl methyl sites for hydroxylation is 2. The molecule has 78 valence electrons. The smallest absolute Gasteiger partial charge is 0.00719 e. The molecule has 1 heteroatoms. The van der Waals surface area contributed by atoms with E-state index in [4.69, 9.17) is 0 Å². The molecule has 0 nitrogen and oxygen atoms in total. The van der Waals surface area contributed by atoms with E-state index in [2.05, 4.69) is 57.2 Å². The van der Waals surface area contributed by atoms with Gasteiger partial charge in [-0.05, 0) is 31.0 Å². The molecule has 0 aliphatic heterocycles. The van der Waals surface area contributed by atoms with Gasteiger partial charge in [0.1, 0.15) is 0 Å². The molecule has 2 rings (SSSR count). The van der Waals surface area contributed by atoms with Crippen molar-refractivity contribution < 1.29 is 0 Å². The van der Waals surface area contributed by atoms with E-state index >= 15 is 0 Å². The van der Waals surface area contributed by atoms with Crippen molar-refractivity contribution in [2.45, 2.75) is 26.7 Å². The minimum absolute atomic E-state index is 0.510. The normalized spacial score (nSPS) is 12.7. The van der Waals surface area contributed by atoms with Gasteiger partial charge >= 0.3 is 0 Å². The highest BCUT2D eigenvalue weighted by Crippen LogP contribution is 2.31. The van der Waals surface area contributed by atoms with E-state index in [1.807, 2.05) is 11.3 Å². The van der Waals surface area contributed by atoms with Crippen molar-refractivity contribution in [1.29, 1.82) is 0 Å². The van der Waals surface area contributed by atoms with Crippen LogP contribution in [0.2, 0.25) is 0 Å². The molecule has 0 N–H and O–H groups in total. The Morgan fingerprint density at radius 2 is 1.73 bits per heavy atom. The molecule has 0 spiro atoms. The van der Waals surface area contributed by atoms with E-state index in [1.165, 1.54) is 20.9 Å². The summed E-state index contributed by atoms with van der Waals surface area (Å²) < 4.78 is 0. The van der Waals surface area contributed by atoms with Crippen LogP contribution in [0.15, 0.2) is 36.4 Å². The minimum Gasteiger partial charge on any atom is -0.146 e. The van der Waals surface area contributed by atoms with Crippen molar-refractivity contribution in [2.24, 2.45) is 0 Å². The maximum absolute atomic E-state index is 2.32. The Balaban J connectivity index is 2.36. The predicted octanol–water partition coefficient (Wildman–Crippen LogP) is 4.52. The van der Waals surface area contributed by atoms with E-state index in [9.17, 15) is 0 Å². The molecule has 0 amide bonds. The predicted molar refractivity (Wildman–Crippen MR) is 67.8 cm³/mol. The molecule has 1 aromatic heterocycles. The fourth-order valence-electron chi connectivity index (χ4n) is 2.00. The second-order valence-corrected chi connectivity index (χ2v) is 5.46. The number of hydrogen-bond donors (Lipinski definition) is 0. The van der Waals surface area contributed by atoms with Gasteiger partial charge in [-0.3, -0.25) is 0 Å². The Kier molecular flexibility index (Phi) is 2.92. The highest BCUT2D eigenvalue weighted by molar-refractivity contribution is 7.12. The maximum Gasteiger partial charge on any atom is 0.00719 e. The molecule has 15 heavy (non-hydrogen) atoms. The van der Waals surface area contributed by atoms with Gasteiger partial charge in [-0.25, -0.2) is 0 Å². The van der Waals surface area contributed by atoms with Gasteiger partial charge < -0.3 is 0 Å². The number of thiophene rings is 1. The van der Waals surface area contributed by atoms with Gasteiger partial charge in [-0.1, -0.05) is 37.3 Å². The quantitative estimate of drug-likeness (QED) is 0.692. The first-order chi connectivity index (χ1) is 7.18. The molecule has 2 aromatic rings. The van der Waals surface area contributed by atoms with Gasteiger partial charge in [0.25, 0.3) is 0 Å². The SMILES string of the molecule is Cc1cc(C(C)c2ccccc2)c(C)s1. The minimum atomic E-state index is 0.510. The lowest BCUT2D eigenvalue weighted by molar-refractivity contribution is 0.919. The molecule has 0 aliphatic rings. The summed E-state index contributed by atoms with van der Waals surface area (Å²) in [5, 5.41) is 0. The van der Waals surface area contributed by atoms with Crippen molar-refractivity contribution in [3.63, 3.8) is 0 Å². The van der Waals surface area contributed by atoms with E-state index in [0.29, 0.717) is 5.92 Å². The first-order valence-electron chi connectivity index (χ1n) is 5.30. The zero-order valence-electron chi connectivity index (χ0n) is 9.45. The van der Waals surface area contributed by atoms with Crippen molar-refractivity contribution in [3.05, 3.63) is 57.3 Å². The molecule has 1 heterocycles. The molecule has 0 aliphatic carbocycles. The molecule has 0 fully saturated rings. The average molecular weight is 216 g/mol. The molecular formula is C14H16S. The van der Waals surface area contributed by atoms with Crippen LogP contribution in [0.1, 0.15) is 33.7 Å². The Bertz CT molecular complexity index is 440. The van der Waals surface area contributed by atoms with E-state index in [1.54, 1.807) is 0 Å². The van der Waals surface area contributed by atoms with Gasteiger partial charge in [-0.2, -0.15) is 0 Å². The van der Waals surface area contributed by atoms with Crippen LogP contribution < -0.4 is 0 Å². The van der Waals surface area contributed by atoms with Crippen LogP contribution in [-0.4, -0.2) is 0 Å². The second-order valence-electron chi connectivity index (χ2n) is 4.00. The fraction of sp³-hybridized carbons (Fsp3) is 0.286. The second kappa shape index (κ2) is 4.19. The van der Waals surface area contributed by atoms with Gasteiger partial charge in [0, 0.05) is 15.7 Å². The summed E-state index contributed by atoms with van der Waals surface area (Å²) in [5.74, 6) is 0.510. The molecular weight excluding hydrogens is 200 g/mol. The summed E-state index contributed by atoms with van der Waals surface area (Å²) in [7, 11) is 0. The third-order valence-corrected chi connectivity index (χ3v) is 3.83. The van der Waals surface area contributed by atoms with Gasteiger partial charge in [0.15, 0.2) is 0 Å². The van der Waals surface area contributed by atoms with Crippen molar-refractivity contribution in [1.82, 2.24) is 0 Å². The van der Waals surface area contributed by atoms with Crippen LogP contribution >= 0.6 is 11.3 Å². The number of benzene rings is 1. The molecule has 0 saturated carbocycles. The van der Waals surface area contributed by atoms with Crippen LogP contribution in [0.5, 0.6) is 0 Å². The third-order valence-electron chi connectivity index (χ3n) is 2.85. The molecule has 0 saturated heterocycles. The van der Waals surface area contributed by atoms with Gasteiger partial charge in [0.2, 0.25) is 0 Å². The molecule has 0 radical (unpaired) electrons. The van der Waals surface area contributed by atoms with Crippen LogP contribution in [0.4, 0.5) is 0 Å². The summed E-state index contributed by atoms with van der Waals surface area (Å²) in [5.41, 5.74) is 2.88. The highest BCUT2D eigenvalue weighted by atomic mass is 32.1. The van der Waals surface area contributed by atoms with Crippen molar-refractivity contribution in [2.75, 3.05) is 0 Å². The van der Waals surface area contributed by atoms with Crippen molar-refractivity contribution in [3.8, 4) is 0 Å². The lowest BCUT2D eigenvalue weighted by Crippen LogP contribution is -1.95. The Morgan fingerprint density at radius 3 is 2.27 bits per heavy atom. The summed E-state index contributed by atoms with van der Waals surface area (Å²) >= 11 is 1.89. The fourth-order valence-corrected chi connectivity index (χ4v) is 3.02. The van der Waals surface area contributed by atoms with E-state index in [-0.39, 0.29) is 0 Å². The summed E-state index contributed by atoms with van der Waals surface area (Å²) in [6.07, 6.45) is 0. The number of hydrogen-bond acceptors (Lipinski definition) is 1. The maximum atomic E-state index is 2.32. The van der Waals surface area contributed by atoms with Crippen LogP contribution in [0, 0.1) is 13.8 Å². The lowest BCUT2D eigenvalue weighted by atomic mass is 9.93. The zero-order valence-corrected chi connectivity index (χ0v) is 10.3. The largest absolute Gasteiger partial charge is 0.146 e. The van der Waals surface area contributed by atoms with E-state index in [0.717, 1.165) is 0 Å². The first kappa shape index (κ1) is 10.4. The molecule has 1 atom stereocenters. The van der Waals surface area contributed by atoms with E-state index < -0.39 is 0 Å². The van der Waals surface area contributed by atoms with Gasteiger partial charge in [-0.15, -0.1) is 11.3 Å². The summed E-state index contributed by atoms with van der Waals surface area (Å²) in [6, 6.07) is 13.0. The monoisotopic (exact) mass is 216 g/mol. The van der Waals surface area contributed by atoms with Crippen LogP contribution in [0.25, 0.3) is 0 Å². The summed E-state index contributed by atoms with van der Waals surface area (Å²) in [6.45, 7) is 6.68. The Hall–Kier alpha value is -1.08. The molecule has 0 bridgehead atoms. The van der Waals surface area contributed by atoms with Gasteiger partial charge in [0.05, 0.1) is 0 Å². The molecule has 1 aromatic carbocycles. The first-order valence-corrected chi connectivity index (χ1v) is 6.12. The number of rotatable bonds is 2. The Labute approximate surface area is 95.6 Å². The zero-order chi connectivity index (χ0) is 10.8. The molecule has 1 unspecified atom stereocenters. The van der Waals surface area contributed by atoms with Crippen LogP contribution in [-0.2, 0) is 0 Å². The summed E-state index contributed by atoms with van der Waals surface area (Å²) in [4.78, 5) is 2.86. The van der Waals surface area contributed by atoms with Crippen molar-refractivity contribution >= 4 is 11.3 Å². The highest BCUT2D eigenvalue weighted by Gasteiger charge is 2.12. The van der Waals surface area contributed by atoms with Crippen LogP contribution in [0.3, 0.4) is 0 Å². The lowest BCUT2D eigenvalue weighted by Gasteiger charge is -2.11. The Morgan fingerprint density at radius 1 is 1.07 bits per heavy atom. The topological polar surface area (TPSA) is 0 Å².